The van der Waals surface area contributed by atoms with Crippen molar-refractivity contribution in [1.82, 2.24) is 24.5 Å². The van der Waals surface area contributed by atoms with Gasteiger partial charge in [0.05, 0.1) is 31.5 Å². The number of carbonyl (C=O) groups excluding carboxylic acids is 1. The maximum absolute atomic E-state index is 13.2. The molecule has 1 atom stereocenters. The maximum atomic E-state index is 13.2. The average Bonchev–Trinajstić information content (AvgIpc) is 3.25. The second-order valence-corrected chi connectivity index (χ2v) is 7.16. The van der Waals surface area contributed by atoms with Crippen molar-refractivity contribution in [3.8, 4) is 0 Å². The molecular formula is C21H25N5O2. The molecule has 1 aromatic carbocycles. The predicted octanol–water partition coefficient (Wildman–Crippen LogP) is 2.50. The van der Waals surface area contributed by atoms with Gasteiger partial charge in [-0.2, -0.15) is 10.2 Å². The number of hydrogen-bond donors (Lipinski definition) is 0. The van der Waals surface area contributed by atoms with Crippen molar-refractivity contribution in [3.63, 3.8) is 0 Å². The van der Waals surface area contributed by atoms with E-state index in [-0.39, 0.29) is 11.9 Å². The minimum atomic E-state index is -0.152. The van der Waals surface area contributed by atoms with Crippen LogP contribution in [0.4, 0.5) is 0 Å². The molecule has 0 radical (unpaired) electrons. The van der Waals surface area contributed by atoms with Crippen molar-refractivity contribution in [2.45, 2.75) is 26.4 Å². The van der Waals surface area contributed by atoms with Crippen molar-refractivity contribution < 1.29 is 9.53 Å². The molecule has 3 aromatic rings. The zero-order valence-electron chi connectivity index (χ0n) is 16.5. The molecular weight excluding hydrogens is 354 g/mol. The van der Waals surface area contributed by atoms with Gasteiger partial charge in [-0.3, -0.25) is 14.2 Å². The fourth-order valence-electron chi connectivity index (χ4n) is 3.92. The summed E-state index contributed by atoms with van der Waals surface area (Å²) < 4.78 is 9.38. The Bertz CT molecular complexity index is 976. The van der Waals surface area contributed by atoms with Crippen LogP contribution in [0.1, 0.15) is 39.0 Å². The van der Waals surface area contributed by atoms with Gasteiger partial charge in [-0.15, -0.1) is 0 Å². The Balaban J connectivity index is 1.66. The van der Waals surface area contributed by atoms with Gasteiger partial charge in [0.15, 0.2) is 0 Å². The summed E-state index contributed by atoms with van der Waals surface area (Å²) in [5.74, 6) is -0.0251. The van der Waals surface area contributed by atoms with Gasteiger partial charge in [-0.25, -0.2) is 0 Å². The van der Waals surface area contributed by atoms with Gasteiger partial charge in [0.2, 0.25) is 0 Å². The largest absolute Gasteiger partial charge is 0.377 e. The van der Waals surface area contributed by atoms with Gasteiger partial charge in [0.1, 0.15) is 5.69 Å². The van der Waals surface area contributed by atoms with E-state index in [9.17, 15) is 4.79 Å². The molecule has 3 heterocycles. The van der Waals surface area contributed by atoms with Crippen LogP contribution in [0.25, 0.3) is 0 Å². The van der Waals surface area contributed by atoms with Gasteiger partial charge in [0, 0.05) is 31.0 Å². The van der Waals surface area contributed by atoms with E-state index in [0.29, 0.717) is 32.0 Å². The molecule has 4 rings (SSSR count). The average molecular weight is 379 g/mol. The van der Waals surface area contributed by atoms with Crippen molar-refractivity contribution in [3.05, 3.63) is 70.8 Å². The third-order valence-electron chi connectivity index (χ3n) is 5.38. The predicted molar refractivity (Wildman–Crippen MR) is 105 cm³/mol. The van der Waals surface area contributed by atoms with Gasteiger partial charge >= 0.3 is 0 Å². The molecule has 0 aliphatic carbocycles. The summed E-state index contributed by atoms with van der Waals surface area (Å²) >= 11 is 0. The first kappa shape index (κ1) is 18.4. The smallest absolute Gasteiger partial charge is 0.272 e. The van der Waals surface area contributed by atoms with E-state index in [2.05, 4.69) is 24.2 Å². The second-order valence-electron chi connectivity index (χ2n) is 7.16. The third-order valence-corrected chi connectivity index (χ3v) is 5.38. The van der Waals surface area contributed by atoms with Crippen LogP contribution >= 0.6 is 0 Å². The number of hydrogen-bond acceptors (Lipinski definition) is 4. The summed E-state index contributed by atoms with van der Waals surface area (Å²) in [6, 6.07) is 11.9. The summed E-state index contributed by atoms with van der Waals surface area (Å²) in [4.78, 5) is 15.1. The van der Waals surface area contributed by atoms with E-state index in [0.717, 1.165) is 17.0 Å². The van der Waals surface area contributed by atoms with Gasteiger partial charge in [-0.1, -0.05) is 30.3 Å². The standard InChI is InChI=1S/C21H25N5O2/c1-15-20(16(2)26(23-15)13-17-7-5-4-6-8-17)19-14-28-12-11-25(19)21(27)18-9-10-22-24(18)3/h4-10,19H,11-14H2,1-3H3. The molecule has 0 spiro atoms. The number of benzene rings is 1. The monoisotopic (exact) mass is 379 g/mol. The van der Waals surface area contributed by atoms with E-state index >= 15 is 0 Å². The van der Waals surface area contributed by atoms with Crippen LogP contribution in [0.5, 0.6) is 0 Å². The van der Waals surface area contributed by atoms with Crippen LogP contribution in [-0.2, 0) is 18.3 Å². The lowest BCUT2D eigenvalue weighted by Crippen LogP contribution is -2.44. The van der Waals surface area contributed by atoms with Crippen molar-refractivity contribution in [1.29, 1.82) is 0 Å². The summed E-state index contributed by atoms with van der Waals surface area (Å²) in [6.07, 6.45) is 1.65. The SMILES string of the molecule is Cc1nn(Cc2ccccc2)c(C)c1C1COCCN1C(=O)c1ccnn1C. The molecule has 1 unspecified atom stereocenters. The lowest BCUT2D eigenvalue weighted by Gasteiger charge is -2.36. The summed E-state index contributed by atoms with van der Waals surface area (Å²) in [6.45, 7) is 6.34. The Labute approximate surface area is 164 Å². The van der Waals surface area contributed by atoms with Gasteiger partial charge in [-0.05, 0) is 25.5 Å². The minimum Gasteiger partial charge on any atom is -0.377 e. The third kappa shape index (κ3) is 3.33. The number of ether oxygens (including phenoxy) is 1. The first-order chi connectivity index (χ1) is 13.6. The van der Waals surface area contributed by atoms with E-state index in [4.69, 9.17) is 9.84 Å². The van der Waals surface area contributed by atoms with E-state index in [1.165, 1.54) is 5.56 Å². The highest BCUT2D eigenvalue weighted by Gasteiger charge is 2.34. The highest BCUT2D eigenvalue weighted by molar-refractivity contribution is 5.93. The number of aryl methyl sites for hydroxylation is 2. The number of aromatic nitrogens is 4. The first-order valence-electron chi connectivity index (χ1n) is 9.51. The van der Waals surface area contributed by atoms with E-state index < -0.39 is 0 Å². The van der Waals surface area contributed by atoms with Gasteiger partial charge in [0.25, 0.3) is 5.91 Å². The topological polar surface area (TPSA) is 65.2 Å². The molecule has 1 aliphatic heterocycles. The van der Waals surface area contributed by atoms with E-state index in [1.54, 1.807) is 24.0 Å². The first-order valence-corrected chi connectivity index (χ1v) is 9.51. The molecule has 28 heavy (non-hydrogen) atoms. The van der Waals surface area contributed by atoms with Crippen LogP contribution in [0, 0.1) is 13.8 Å². The highest BCUT2D eigenvalue weighted by atomic mass is 16.5. The normalized spacial score (nSPS) is 17.1. The molecule has 7 nitrogen and oxygen atoms in total. The fourth-order valence-corrected chi connectivity index (χ4v) is 3.92. The van der Waals surface area contributed by atoms with Crippen LogP contribution in [-0.4, -0.2) is 50.1 Å². The van der Waals surface area contributed by atoms with Crippen molar-refractivity contribution in [2.24, 2.45) is 7.05 Å². The van der Waals surface area contributed by atoms with Gasteiger partial charge < -0.3 is 9.64 Å². The Hall–Kier alpha value is -2.93. The molecule has 1 saturated heterocycles. The van der Waals surface area contributed by atoms with Crippen LogP contribution in [0.3, 0.4) is 0 Å². The minimum absolute atomic E-state index is 0.0251. The summed E-state index contributed by atoms with van der Waals surface area (Å²) in [5.41, 5.74) is 4.86. The Morgan fingerprint density at radius 2 is 2.00 bits per heavy atom. The quantitative estimate of drug-likeness (QED) is 0.699. The molecule has 1 fully saturated rings. The molecule has 0 bridgehead atoms. The highest BCUT2D eigenvalue weighted by Crippen LogP contribution is 2.31. The number of morpholine rings is 1. The number of carbonyl (C=O) groups is 1. The Morgan fingerprint density at radius 1 is 1.21 bits per heavy atom. The molecule has 1 aliphatic rings. The van der Waals surface area contributed by atoms with Crippen LogP contribution in [0.2, 0.25) is 0 Å². The molecule has 146 valence electrons. The Kier molecular flexibility index (Phi) is 5.00. The van der Waals surface area contributed by atoms with Crippen LogP contribution < -0.4 is 0 Å². The van der Waals surface area contributed by atoms with Crippen molar-refractivity contribution in [2.75, 3.05) is 19.8 Å². The number of amides is 1. The molecule has 1 amide bonds. The number of rotatable bonds is 4. The second kappa shape index (κ2) is 7.59. The van der Waals surface area contributed by atoms with Crippen molar-refractivity contribution >= 4 is 5.91 Å². The Morgan fingerprint density at radius 3 is 2.71 bits per heavy atom. The zero-order valence-corrected chi connectivity index (χ0v) is 16.5. The fraction of sp³-hybridized carbons (Fsp3) is 0.381. The molecule has 0 N–H and O–H groups in total. The molecule has 0 saturated carbocycles. The lowest BCUT2D eigenvalue weighted by atomic mass is 10.0. The van der Waals surface area contributed by atoms with E-state index in [1.807, 2.05) is 34.7 Å². The zero-order chi connectivity index (χ0) is 19.7. The lowest BCUT2D eigenvalue weighted by molar-refractivity contribution is -0.00361. The summed E-state index contributed by atoms with van der Waals surface area (Å²) in [5, 5.41) is 8.90. The number of nitrogens with zero attached hydrogens (tertiary/aromatic N) is 5. The van der Waals surface area contributed by atoms with Crippen LogP contribution in [0.15, 0.2) is 42.6 Å². The molecule has 2 aromatic heterocycles. The molecule has 7 heteroatoms. The maximum Gasteiger partial charge on any atom is 0.272 e. The summed E-state index contributed by atoms with van der Waals surface area (Å²) in [7, 11) is 1.79.